The molecule has 0 fully saturated rings. The lowest BCUT2D eigenvalue weighted by Crippen LogP contribution is -2.25. The van der Waals surface area contributed by atoms with Crippen molar-refractivity contribution in [1.82, 2.24) is 17.5 Å². The van der Waals surface area contributed by atoms with Gasteiger partial charge in [-0.2, -0.15) is 17.5 Å². The summed E-state index contributed by atoms with van der Waals surface area (Å²) in [6, 6.07) is 35.5. The molecular formula is C33H16N4S4. The Morgan fingerprint density at radius 3 is 1.41 bits per heavy atom. The zero-order chi connectivity index (χ0) is 26.7. The highest BCUT2D eigenvalue weighted by Crippen LogP contribution is 2.67. The fourth-order valence-corrected chi connectivity index (χ4v) is 10.7. The number of benzene rings is 4. The third kappa shape index (κ3) is 2.78. The second kappa shape index (κ2) is 8.02. The van der Waals surface area contributed by atoms with Gasteiger partial charge >= 0.3 is 0 Å². The average molecular weight is 597 g/mol. The molecule has 0 bridgehead atoms. The Balaban J connectivity index is 1.32. The molecule has 8 aromatic rings. The van der Waals surface area contributed by atoms with Gasteiger partial charge in [-0.05, 0) is 57.6 Å². The van der Waals surface area contributed by atoms with Gasteiger partial charge in [-0.1, -0.05) is 72.8 Å². The Morgan fingerprint density at radius 2 is 0.902 bits per heavy atom. The van der Waals surface area contributed by atoms with Crippen molar-refractivity contribution in [3.63, 3.8) is 0 Å². The first-order valence-electron chi connectivity index (χ1n) is 13.2. The third-order valence-electron chi connectivity index (χ3n) is 8.53. The molecule has 10 rings (SSSR count). The number of rotatable bonds is 2. The van der Waals surface area contributed by atoms with Crippen molar-refractivity contribution in [3.8, 4) is 41.8 Å². The van der Waals surface area contributed by atoms with Crippen molar-refractivity contribution >= 4 is 68.2 Å². The number of hydrogen-bond donors (Lipinski definition) is 0. The minimum atomic E-state index is -0.371. The first-order chi connectivity index (χ1) is 20.3. The minimum Gasteiger partial charge on any atom is -0.173 e. The summed E-state index contributed by atoms with van der Waals surface area (Å²) in [6.07, 6.45) is 0. The van der Waals surface area contributed by atoms with Crippen LogP contribution < -0.4 is 0 Å². The van der Waals surface area contributed by atoms with E-state index in [1.54, 1.807) is 0 Å². The van der Waals surface area contributed by atoms with Gasteiger partial charge in [-0.25, -0.2) is 0 Å². The molecule has 192 valence electrons. The van der Waals surface area contributed by atoms with Crippen LogP contribution in [-0.2, 0) is 5.41 Å². The van der Waals surface area contributed by atoms with E-state index >= 15 is 0 Å². The summed E-state index contributed by atoms with van der Waals surface area (Å²) in [4.78, 5) is 5.17. The standard InChI is InChI=1S/C33H16N4S4/c1-3-11-21-17(7-1)18-8-2-4-12-22(18)33(21)23-15-27(19-9-5-13-25-29(19)36-40-34-25)38-31(23)32-24(33)16-28(39-32)20-10-6-14-26-30(20)37-41-35-26/h1-16H. The van der Waals surface area contributed by atoms with E-state index in [-0.39, 0.29) is 5.41 Å². The van der Waals surface area contributed by atoms with Crippen LogP contribution in [0.2, 0.25) is 0 Å². The van der Waals surface area contributed by atoms with Gasteiger partial charge < -0.3 is 0 Å². The highest BCUT2D eigenvalue weighted by molar-refractivity contribution is 7.26. The van der Waals surface area contributed by atoms with Crippen LogP contribution in [0.15, 0.2) is 97.1 Å². The van der Waals surface area contributed by atoms with Gasteiger partial charge in [0.05, 0.1) is 38.6 Å². The molecule has 0 N–H and O–H groups in total. The normalized spacial score (nSPS) is 14.0. The van der Waals surface area contributed by atoms with Gasteiger partial charge in [0.25, 0.3) is 0 Å². The minimum absolute atomic E-state index is 0.371. The van der Waals surface area contributed by atoms with Crippen LogP contribution in [0, 0.1) is 0 Å². The Hall–Kier alpha value is -4.08. The van der Waals surface area contributed by atoms with Crippen molar-refractivity contribution in [2.45, 2.75) is 5.41 Å². The lowest BCUT2D eigenvalue weighted by Gasteiger charge is -2.29. The van der Waals surface area contributed by atoms with Crippen LogP contribution in [0.4, 0.5) is 0 Å². The number of hydrogen-bond acceptors (Lipinski definition) is 8. The highest BCUT2D eigenvalue weighted by Gasteiger charge is 2.53. The molecule has 4 heterocycles. The topological polar surface area (TPSA) is 51.6 Å². The first kappa shape index (κ1) is 22.6. The molecule has 0 saturated heterocycles. The fraction of sp³-hybridized carbons (Fsp3) is 0.0303. The van der Waals surface area contributed by atoms with Crippen molar-refractivity contribution in [3.05, 3.63) is 119 Å². The second-order valence-electron chi connectivity index (χ2n) is 10.4. The predicted molar refractivity (Wildman–Crippen MR) is 171 cm³/mol. The average Bonchev–Trinajstić information content (AvgIpc) is 3.85. The molecule has 0 radical (unpaired) electrons. The lowest BCUT2D eigenvalue weighted by atomic mass is 9.71. The molecular weight excluding hydrogens is 581 g/mol. The quantitative estimate of drug-likeness (QED) is 0.199. The zero-order valence-electron chi connectivity index (χ0n) is 21.2. The smallest absolute Gasteiger partial charge is 0.113 e. The van der Waals surface area contributed by atoms with Gasteiger partial charge in [0.1, 0.15) is 22.1 Å². The van der Waals surface area contributed by atoms with Gasteiger partial charge in [0.15, 0.2) is 0 Å². The Bertz CT molecular complexity index is 2190. The van der Waals surface area contributed by atoms with Crippen LogP contribution in [-0.4, -0.2) is 17.5 Å². The summed E-state index contributed by atoms with van der Waals surface area (Å²) in [7, 11) is 0. The summed E-state index contributed by atoms with van der Waals surface area (Å²) in [5, 5.41) is 0. The van der Waals surface area contributed by atoms with E-state index in [4.69, 9.17) is 0 Å². The van der Waals surface area contributed by atoms with Crippen molar-refractivity contribution in [2.24, 2.45) is 0 Å². The summed E-state index contributed by atoms with van der Waals surface area (Å²) in [5.74, 6) is 0. The molecule has 4 nitrogen and oxygen atoms in total. The number of nitrogens with zero attached hydrogens (tertiary/aromatic N) is 4. The second-order valence-corrected chi connectivity index (χ2v) is 13.6. The zero-order valence-corrected chi connectivity index (χ0v) is 24.4. The van der Waals surface area contributed by atoms with E-state index in [9.17, 15) is 0 Å². The van der Waals surface area contributed by atoms with E-state index in [1.807, 2.05) is 34.8 Å². The predicted octanol–water partition coefficient (Wildman–Crippen LogP) is 9.50. The maximum atomic E-state index is 4.68. The molecule has 0 unspecified atom stereocenters. The van der Waals surface area contributed by atoms with Crippen LogP contribution in [0.3, 0.4) is 0 Å². The highest BCUT2D eigenvalue weighted by atomic mass is 32.1. The summed E-state index contributed by atoms with van der Waals surface area (Å²) >= 11 is 6.32. The molecule has 4 aromatic heterocycles. The molecule has 8 heteroatoms. The molecule has 0 aliphatic heterocycles. The van der Waals surface area contributed by atoms with E-state index < -0.39 is 0 Å². The third-order valence-corrected chi connectivity index (χ3v) is 12.1. The van der Waals surface area contributed by atoms with E-state index in [0.717, 1.165) is 33.2 Å². The molecule has 1 spiro atoms. The molecule has 0 atom stereocenters. The maximum absolute atomic E-state index is 4.68. The summed E-state index contributed by atoms with van der Waals surface area (Å²) < 4.78 is 18.4. The van der Waals surface area contributed by atoms with Crippen LogP contribution in [0.1, 0.15) is 22.3 Å². The van der Waals surface area contributed by atoms with Crippen LogP contribution in [0.5, 0.6) is 0 Å². The van der Waals surface area contributed by atoms with Crippen molar-refractivity contribution < 1.29 is 0 Å². The van der Waals surface area contributed by atoms with E-state index in [1.165, 1.54) is 76.3 Å². The van der Waals surface area contributed by atoms with E-state index in [2.05, 4.69) is 102 Å². The Labute approximate surface area is 250 Å². The van der Waals surface area contributed by atoms with E-state index in [0.29, 0.717) is 0 Å². The SMILES string of the molecule is c1ccc2c(c1)-c1ccccc1C21c2cc(-c3cccc4nsnc34)sc2-c2sc(-c3cccc4nsnc34)cc21. The monoisotopic (exact) mass is 596 g/mol. The first-order valence-corrected chi connectivity index (χ1v) is 16.3. The molecule has 2 aliphatic rings. The van der Waals surface area contributed by atoms with Crippen molar-refractivity contribution in [2.75, 3.05) is 0 Å². The number of fused-ring (bicyclic) bond motifs is 12. The van der Waals surface area contributed by atoms with Crippen LogP contribution >= 0.6 is 46.1 Å². The fourth-order valence-electron chi connectivity index (χ4n) is 6.91. The Kier molecular flexibility index (Phi) is 4.42. The van der Waals surface area contributed by atoms with Crippen molar-refractivity contribution in [1.29, 1.82) is 0 Å². The van der Waals surface area contributed by atoms with Crippen LogP contribution in [0.25, 0.3) is 63.8 Å². The van der Waals surface area contributed by atoms with Gasteiger partial charge in [0.2, 0.25) is 0 Å². The molecule has 2 aliphatic carbocycles. The molecule has 0 saturated carbocycles. The lowest BCUT2D eigenvalue weighted by molar-refractivity contribution is 0.798. The van der Waals surface area contributed by atoms with Gasteiger partial charge in [-0.15, -0.1) is 22.7 Å². The largest absolute Gasteiger partial charge is 0.173 e. The summed E-state index contributed by atoms with van der Waals surface area (Å²) in [6.45, 7) is 0. The number of thiophene rings is 2. The molecule has 0 amide bonds. The Morgan fingerprint density at radius 1 is 0.439 bits per heavy atom. The molecule has 41 heavy (non-hydrogen) atoms. The number of aromatic nitrogens is 4. The van der Waals surface area contributed by atoms with Gasteiger partial charge in [0, 0.05) is 20.9 Å². The molecule has 4 aromatic carbocycles. The van der Waals surface area contributed by atoms with Gasteiger partial charge in [-0.3, -0.25) is 0 Å². The summed E-state index contributed by atoms with van der Waals surface area (Å²) in [5.41, 5.74) is 13.9. The maximum Gasteiger partial charge on any atom is 0.113 e.